The number of hydrogen-bond donors (Lipinski definition) is 2. The van der Waals surface area contributed by atoms with Gasteiger partial charge < -0.3 is 15.6 Å². The van der Waals surface area contributed by atoms with Crippen LogP contribution in [0.25, 0.3) is 0 Å². The number of carbonyl (C=O) groups is 1. The van der Waals surface area contributed by atoms with Crippen LogP contribution in [-0.2, 0) is 9.53 Å². The molecule has 0 aromatic carbocycles. The van der Waals surface area contributed by atoms with Crippen LogP contribution in [0.15, 0.2) is 0 Å². The summed E-state index contributed by atoms with van der Waals surface area (Å²) in [4.78, 5) is 11.1. The third-order valence-corrected chi connectivity index (χ3v) is 4.26. The highest BCUT2D eigenvalue weighted by atomic mass is 32.2. The molecule has 1 unspecified atom stereocenters. The van der Waals surface area contributed by atoms with E-state index in [9.17, 15) is 4.79 Å². The molecule has 0 radical (unpaired) electrons. The van der Waals surface area contributed by atoms with Crippen LogP contribution in [0.3, 0.4) is 0 Å². The number of carboxylic acids is 1. The molecular weight excluding hydrogens is 202 g/mol. The van der Waals surface area contributed by atoms with Gasteiger partial charge in [0.15, 0.2) is 0 Å². The summed E-state index contributed by atoms with van der Waals surface area (Å²) in [6, 6.07) is 0. The summed E-state index contributed by atoms with van der Waals surface area (Å²) in [5.41, 5.74) is 4.91. The van der Waals surface area contributed by atoms with Crippen molar-refractivity contribution in [3.63, 3.8) is 0 Å². The van der Waals surface area contributed by atoms with Crippen molar-refractivity contribution in [2.75, 3.05) is 19.0 Å². The smallest absolute Gasteiger partial charge is 0.324 e. The highest BCUT2D eigenvalue weighted by molar-refractivity contribution is 8.00. The van der Waals surface area contributed by atoms with Crippen LogP contribution in [0.2, 0.25) is 0 Å². The van der Waals surface area contributed by atoms with E-state index in [0.717, 1.165) is 26.1 Å². The summed E-state index contributed by atoms with van der Waals surface area (Å²) < 4.78 is 5.03. The maximum absolute atomic E-state index is 11.1. The number of aliphatic carboxylic acids is 1. The van der Waals surface area contributed by atoms with Gasteiger partial charge in [0.2, 0.25) is 0 Å². The van der Waals surface area contributed by atoms with Gasteiger partial charge in [-0.3, -0.25) is 4.79 Å². The first-order valence-corrected chi connectivity index (χ1v) is 5.89. The molecule has 0 spiro atoms. The highest BCUT2D eigenvalue weighted by Crippen LogP contribution is 2.41. The SMILES string of the molecule is NC(CSC1COC1)(C(=O)O)C1CC1. The molecule has 1 aliphatic carbocycles. The molecule has 1 heterocycles. The Labute approximate surface area is 87.2 Å². The van der Waals surface area contributed by atoms with Gasteiger partial charge in [0.25, 0.3) is 0 Å². The average molecular weight is 217 g/mol. The highest BCUT2D eigenvalue weighted by Gasteiger charge is 2.48. The third-order valence-electron chi connectivity index (χ3n) is 2.87. The summed E-state index contributed by atoms with van der Waals surface area (Å²) in [6.45, 7) is 1.48. The van der Waals surface area contributed by atoms with E-state index in [2.05, 4.69) is 0 Å². The lowest BCUT2D eigenvalue weighted by molar-refractivity contribution is -0.143. The van der Waals surface area contributed by atoms with Crippen molar-refractivity contribution in [1.82, 2.24) is 0 Å². The molecule has 1 saturated carbocycles. The first-order chi connectivity index (χ1) is 6.63. The fraction of sp³-hybridized carbons (Fsp3) is 0.889. The topological polar surface area (TPSA) is 72.5 Å². The Bertz CT molecular complexity index is 240. The van der Waals surface area contributed by atoms with Crippen molar-refractivity contribution in [3.05, 3.63) is 0 Å². The van der Waals surface area contributed by atoms with Crippen molar-refractivity contribution >= 4 is 17.7 Å². The van der Waals surface area contributed by atoms with Gasteiger partial charge in [0, 0.05) is 5.75 Å². The van der Waals surface area contributed by atoms with Crippen LogP contribution in [0.5, 0.6) is 0 Å². The molecule has 4 nitrogen and oxygen atoms in total. The van der Waals surface area contributed by atoms with Gasteiger partial charge in [-0.05, 0) is 18.8 Å². The molecule has 3 N–H and O–H groups in total. The molecule has 2 aliphatic rings. The molecule has 2 rings (SSSR count). The van der Waals surface area contributed by atoms with E-state index >= 15 is 0 Å². The van der Waals surface area contributed by atoms with Gasteiger partial charge in [-0.1, -0.05) is 0 Å². The number of ether oxygens (including phenoxy) is 1. The molecule has 5 heteroatoms. The maximum Gasteiger partial charge on any atom is 0.324 e. The van der Waals surface area contributed by atoms with E-state index in [1.807, 2.05) is 0 Å². The molecule has 0 bridgehead atoms. The van der Waals surface area contributed by atoms with Gasteiger partial charge >= 0.3 is 5.97 Å². The molecule has 0 aromatic heterocycles. The second-order valence-electron chi connectivity index (χ2n) is 4.09. The van der Waals surface area contributed by atoms with Crippen molar-refractivity contribution in [1.29, 1.82) is 0 Å². The molecule has 14 heavy (non-hydrogen) atoms. The Morgan fingerprint density at radius 1 is 1.57 bits per heavy atom. The molecule has 1 aliphatic heterocycles. The van der Waals surface area contributed by atoms with E-state index in [-0.39, 0.29) is 5.92 Å². The minimum Gasteiger partial charge on any atom is -0.480 e. The normalized spacial score (nSPS) is 26.6. The van der Waals surface area contributed by atoms with Crippen LogP contribution >= 0.6 is 11.8 Å². The number of hydrogen-bond acceptors (Lipinski definition) is 4. The second-order valence-corrected chi connectivity index (χ2v) is 5.38. The molecule has 1 atom stereocenters. The average Bonchev–Trinajstić information content (AvgIpc) is 2.82. The largest absolute Gasteiger partial charge is 0.480 e. The summed E-state index contributed by atoms with van der Waals surface area (Å²) in [7, 11) is 0. The molecular formula is C9H15NO3S. The van der Waals surface area contributed by atoms with Crippen LogP contribution in [0.4, 0.5) is 0 Å². The van der Waals surface area contributed by atoms with Gasteiger partial charge in [-0.2, -0.15) is 11.8 Å². The van der Waals surface area contributed by atoms with E-state index in [1.54, 1.807) is 11.8 Å². The lowest BCUT2D eigenvalue weighted by Gasteiger charge is -2.30. The van der Waals surface area contributed by atoms with Crippen molar-refractivity contribution in [2.45, 2.75) is 23.6 Å². The number of rotatable bonds is 5. The summed E-state index contributed by atoms with van der Waals surface area (Å²) in [5.74, 6) is -0.151. The zero-order valence-electron chi connectivity index (χ0n) is 7.94. The van der Waals surface area contributed by atoms with Crippen LogP contribution in [0.1, 0.15) is 12.8 Å². The quantitative estimate of drug-likeness (QED) is 0.693. The molecule has 1 saturated heterocycles. The molecule has 2 fully saturated rings. The molecule has 80 valence electrons. The number of carboxylic acid groups (broad SMARTS) is 1. The predicted octanol–water partition coefficient (Wildman–Crippen LogP) is 0.310. The fourth-order valence-electron chi connectivity index (χ4n) is 1.52. The van der Waals surface area contributed by atoms with E-state index in [4.69, 9.17) is 15.6 Å². The van der Waals surface area contributed by atoms with Crippen LogP contribution in [0, 0.1) is 5.92 Å². The van der Waals surface area contributed by atoms with E-state index < -0.39 is 11.5 Å². The van der Waals surface area contributed by atoms with Gasteiger partial charge in [-0.15, -0.1) is 0 Å². The van der Waals surface area contributed by atoms with Gasteiger partial charge in [0.05, 0.1) is 18.5 Å². The maximum atomic E-state index is 11.1. The Morgan fingerprint density at radius 3 is 2.57 bits per heavy atom. The Morgan fingerprint density at radius 2 is 2.21 bits per heavy atom. The summed E-state index contributed by atoms with van der Waals surface area (Å²) in [5, 5.41) is 9.53. The van der Waals surface area contributed by atoms with E-state index in [0.29, 0.717) is 11.0 Å². The van der Waals surface area contributed by atoms with Gasteiger partial charge in [0.1, 0.15) is 5.54 Å². The lowest BCUT2D eigenvalue weighted by Crippen LogP contribution is -2.53. The summed E-state index contributed by atoms with van der Waals surface area (Å²) in [6.07, 6.45) is 1.93. The van der Waals surface area contributed by atoms with Gasteiger partial charge in [-0.25, -0.2) is 0 Å². The van der Waals surface area contributed by atoms with Crippen molar-refractivity contribution in [2.24, 2.45) is 11.7 Å². The minimum absolute atomic E-state index is 0.188. The molecule has 0 amide bonds. The predicted molar refractivity (Wildman–Crippen MR) is 54.3 cm³/mol. The van der Waals surface area contributed by atoms with Crippen molar-refractivity contribution in [3.8, 4) is 0 Å². The Balaban J connectivity index is 1.86. The Hall–Kier alpha value is -0.260. The van der Waals surface area contributed by atoms with Crippen LogP contribution < -0.4 is 5.73 Å². The molecule has 0 aromatic rings. The Kier molecular flexibility index (Phi) is 2.72. The summed E-state index contributed by atoms with van der Waals surface area (Å²) >= 11 is 1.64. The number of nitrogens with two attached hydrogens (primary N) is 1. The van der Waals surface area contributed by atoms with Crippen LogP contribution in [-0.4, -0.2) is 40.8 Å². The standard InChI is InChI=1S/C9H15NO3S/c10-9(8(11)12,6-1-2-6)5-14-7-3-13-4-7/h6-7H,1-5,10H2,(H,11,12). The lowest BCUT2D eigenvalue weighted by atomic mass is 9.98. The third kappa shape index (κ3) is 1.89. The second kappa shape index (κ2) is 3.72. The first-order valence-electron chi connectivity index (χ1n) is 4.84. The first kappa shape index (κ1) is 10.3. The zero-order chi connectivity index (χ0) is 10.2. The fourth-order valence-corrected chi connectivity index (χ4v) is 2.77. The van der Waals surface area contributed by atoms with Crippen molar-refractivity contribution < 1.29 is 14.6 Å². The monoisotopic (exact) mass is 217 g/mol. The van der Waals surface area contributed by atoms with E-state index in [1.165, 1.54) is 0 Å². The zero-order valence-corrected chi connectivity index (χ0v) is 8.76. The number of thioether (sulfide) groups is 1. The minimum atomic E-state index is -1.000.